The van der Waals surface area contributed by atoms with Crippen LogP contribution in [0.5, 0.6) is 0 Å². The van der Waals surface area contributed by atoms with Gasteiger partial charge in [-0.1, -0.05) is 18.2 Å². The molecule has 2 bridgehead atoms. The highest BCUT2D eigenvalue weighted by atomic mass is 32.2. The average Bonchev–Trinajstić information content (AvgIpc) is 3.21. The van der Waals surface area contributed by atoms with Crippen molar-refractivity contribution in [1.29, 1.82) is 0 Å². The van der Waals surface area contributed by atoms with Crippen LogP contribution in [0.2, 0.25) is 0 Å². The maximum absolute atomic E-state index is 12.9. The van der Waals surface area contributed by atoms with E-state index in [1.54, 1.807) is 18.2 Å². The molecule has 3 aliphatic heterocycles. The summed E-state index contributed by atoms with van der Waals surface area (Å²) in [5.41, 5.74) is 0.552. The Bertz CT molecular complexity index is 1200. The van der Waals surface area contributed by atoms with E-state index in [-0.39, 0.29) is 27.6 Å². The molecule has 5 heterocycles. The van der Waals surface area contributed by atoms with Gasteiger partial charge in [-0.15, -0.1) is 0 Å². The first-order valence-electron chi connectivity index (χ1n) is 10.2. The number of amides is 1. The molecule has 3 aromatic rings. The summed E-state index contributed by atoms with van der Waals surface area (Å²) in [7, 11) is -3.77. The van der Waals surface area contributed by atoms with Gasteiger partial charge in [-0.3, -0.25) is 14.7 Å². The monoisotopic (exact) mass is 425 g/mol. The summed E-state index contributed by atoms with van der Waals surface area (Å²) in [4.78, 5) is 19.7. The summed E-state index contributed by atoms with van der Waals surface area (Å²) in [5, 5.41) is 3.52. The molecule has 6 rings (SSSR count). The predicted octanol–water partition coefficient (Wildman–Crippen LogP) is 2.87. The first-order chi connectivity index (χ1) is 14.4. The average molecular weight is 426 g/mol. The summed E-state index contributed by atoms with van der Waals surface area (Å²) in [6, 6.07) is 11.5. The molecule has 3 aliphatic rings. The molecule has 2 unspecified atom stereocenters. The SMILES string of the molecule is CC1C(NC(=O)c2cc3oc(S(=O)(=O)c4ccccc4)cc3cn2)C2CCN1CC2. The van der Waals surface area contributed by atoms with Crippen LogP contribution >= 0.6 is 0 Å². The summed E-state index contributed by atoms with van der Waals surface area (Å²) < 4.78 is 31.2. The van der Waals surface area contributed by atoms with Gasteiger partial charge in [0.2, 0.25) is 14.9 Å². The standard InChI is InChI=1S/C22H23N3O4S/c1-14-21(15-7-9-25(14)10-8-15)24-22(26)18-12-19-16(13-23-18)11-20(29-19)30(27,28)17-5-3-2-4-6-17/h2-6,11-15,21H,7-10H2,1H3,(H,24,26). The Balaban J connectivity index is 1.41. The van der Waals surface area contributed by atoms with Crippen molar-refractivity contribution in [2.45, 2.75) is 41.8 Å². The Morgan fingerprint density at radius 2 is 1.90 bits per heavy atom. The fourth-order valence-corrected chi connectivity index (χ4v) is 5.88. The third kappa shape index (κ3) is 3.20. The summed E-state index contributed by atoms with van der Waals surface area (Å²) in [6.07, 6.45) is 3.68. The number of nitrogens with zero attached hydrogens (tertiary/aromatic N) is 2. The fourth-order valence-electron chi connectivity index (χ4n) is 4.65. The van der Waals surface area contributed by atoms with Gasteiger partial charge in [0, 0.05) is 35.8 Å². The number of carbonyl (C=O) groups excluding carboxylic acids is 1. The molecule has 1 N–H and O–H groups in total. The number of hydrogen-bond donors (Lipinski definition) is 1. The number of sulfone groups is 1. The lowest BCUT2D eigenvalue weighted by molar-refractivity contribution is 0.0216. The zero-order chi connectivity index (χ0) is 20.9. The largest absolute Gasteiger partial charge is 0.444 e. The van der Waals surface area contributed by atoms with Crippen molar-refractivity contribution in [2.24, 2.45) is 5.92 Å². The number of piperidine rings is 3. The van der Waals surface area contributed by atoms with E-state index in [1.165, 1.54) is 30.5 Å². The third-order valence-electron chi connectivity index (χ3n) is 6.41. The maximum Gasteiger partial charge on any atom is 0.270 e. The molecule has 3 saturated heterocycles. The lowest BCUT2D eigenvalue weighted by atomic mass is 9.79. The van der Waals surface area contributed by atoms with E-state index >= 15 is 0 Å². The second kappa shape index (κ2) is 7.21. The smallest absolute Gasteiger partial charge is 0.270 e. The first-order valence-corrected chi connectivity index (χ1v) is 11.7. The molecule has 2 atom stereocenters. The van der Waals surface area contributed by atoms with Crippen LogP contribution in [0.3, 0.4) is 0 Å². The number of pyridine rings is 1. The van der Waals surface area contributed by atoms with Crippen molar-refractivity contribution in [3.8, 4) is 0 Å². The fraction of sp³-hybridized carbons (Fsp3) is 0.364. The van der Waals surface area contributed by atoms with Gasteiger partial charge < -0.3 is 9.73 Å². The number of rotatable bonds is 4. The van der Waals surface area contributed by atoms with Crippen LogP contribution in [-0.4, -0.2) is 49.4 Å². The van der Waals surface area contributed by atoms with Gasteiger partial charge in [0.15, 0.2) is 0 Å². The molecule has 156 valence electrons. The summed E-state index contributed by atoms with van der Waals surface area (Å²) in [6.45, 7) is 4.33. The maximum atomic E-state index is 12.9. The van der Waals surface area contributed by atoms with Crippen molar-refractivity contribution in [3.63, 3.8) is 0 Å². The van der Waals surface area contributed by atoms with Crippen molar-refractivity contribution in [1.82, 2.24) is 15.2 Å². The van der Waals surface area contributed by atoms with Crippen LogP contribution in [-0.2, 0) is 9.84 Å². The molecular formula is C22H23N3O4S. The Morgan fingerprint density at radius 1 is 1.17 bits per heavy atom. The van der Waals surface area contributed by atoms with E-state index in [4.69, 9.17) is 4.42 Å². The second-order valence-corrected chi connectivity index (χ2v) is 9.98. The molecule has 0 spiro atoms. The first kappa shape index (κ1) is 19.3. The third-order valence-corrected chi connectivity index (χ3v) is 8.03. The Morgan fingerprint density at radius 3 is 2.60 bits per heavy atom. The van der Waals surface area contributed by atoms with Crippen molar-refractivity contribution >= 4 is 26.7 Å². The zero-order valence-electron chi connectivity index (χ0n) is 16.6. The lowest BCUT2D eigenvalue weighted by Gasteiger charge is -2.49. The number of hydrogen-bond acceptors (Lipinski definition) is 6. The molecule has 1 amide bonds. The Kier molecular flexibility index (Phi) is 4.63. The van der Waals surface area contributed by atoms with E-state index in [9.17, 15) is 13.2 Å². The van der Waals surface area contributed by atoms with Crippen molar-refractivity contribution < 1.29 is 17.6 Å². The molecule has 0 radical (unpaired) electrons. The molecular weight excluding hydrogens is 402 g/mol. The minimum absolute atomic E-state index is 0.100. The number of carbonyl (C=O) groups is 1. The van der Waals surface area contributed by atoms with Crippen LogP contribution < -0.4 is 5.32 Å². The predicted molar refractivity (Wildman–Crippen MR) is 111 cm³/mol. The highest BCUT2D eigenvalue weighted by molar-refractivity contribution is 7.91. The van der Waals surface area contributed by atoms with Crippen molar-refractivity contribution in [3.05, 3.63) is 54.4 Å². The zero-order valence-corrected chi connectivity index (χ0v) is 17.4. The molecule has 0 saturated carbocycles. The second-order valence-electron chi connectivity index (χ2n) is 8.10. The molecule has 3 fully saturated rings. The van der Waals surface area contributed by atoms with Gasteiger partial charge in [-0.25, -0.2) is 8.42 Å². The van der Waals surface area contributed by atoms with Gasteiger partial charge in [-0.05, 0) is 50.9 Å². The molecule has 30 heavy (non-hydrogen) atoms. The Labute approximate surface area is 175 Å². The quantitative estimate of drug-likeness (QED) is 0.691. The summed E-state index contributed by atoms with van der Waals surface area (Å²) >= 11 is 0. The lowest BCUT2D eigenvalue weighted by Crippen LogP contribution is -2.62. The van der Waals surface area contributed by atoms with Crippen LogP contribution in [0.4, 0.5) is 0 Å². The van der Waals surface area contributed by atoms with Gasteiger partial charge >= 0.3 is 0 Å². The van der Waals surface area contributed by atoms with E-state index < -0.39 is 9.84 Å². The van der Waals surface area contributed by atoms with Crippen LogP contribution in [0.25, 0.3) is 11.0 Å². The minimum atomic E-state index is -3.77. The number of aromatic nitrogens is 1. The van der Waals surface area contributed by atoms with E-state index in [0.29, 0.717) is 22.9 Å². The number of furan rings is 1. The molecule has 1 aromatic carbocycles. The normalized spacial score (nSPS) is 26.0. The van der Waals surface area contributed by atoms with Crippen molar-refractivity contribution in [2.75, 3.05) is 13.1 Å². The van der Waals surface area contributed by atoms with E-state index in [2.05, 4.69) is 22.1 Å². The van der Waals surface area contributed by atoms with Crippen LogP contribution in [0.15, 0.2) is 63.1 Å². The molecule has 0 aliphatic carbocycles. The Hall–Kier alpha value is -2.71. The number of fused-ring (bicyclic) bond motifs is 4. The summed E-state index contributed by atoms with van der Waals surface area (Å²) in [5.74, 6) is 0.232. The van der Waals surface area contributed by atoms with E-state index in [0.717, 1.165) is 25.9 Å². The topological polar surface area (TPSA) is 92.5 Å². The molecule has 7 nitrogen and oxygen atoms in total. The highest BCUT2D eigenvalue weighted by Gasteiger charge is 2.40. The van der Waals surface area contributed by atoms with Crippen LogP contribution in [0, 0.1) is 5.92 Å². The highest BCUT2D eigenvalue weighted by Crippen LogP contribution is 2.32. The van der Waals surface area contributed by atoms with Gasteiger partial charge in [-0.2, -0.15) is 0 Å². The molecule has 2 aromatic heterocycles. The molecule has 8 heteroatoms. The van der Waals surface area contributed by atoms with E-state index in [1.807, 2.05) is 0 Å². The minimum Gasteiger partial charge on any atom is -0.444 e. The van der Waals surface area contributed by atoms with Gasteiger partial charge in [0.1, 0.15) is 11.3 Å². The number of benzene rings is 1. The number of nitrogens with one attached hydrogen (secondary N) is 1. The van der Waals surface area contributed by atoms with Gasteiger partial charge in [0.25, 0.3) is 5.91 Å². The van der Waals surface area contributed by atoms with Gasteiger partial charge in [0.05, 0.1) is 4.90 Å². The van der Waals surface area contributed by atoms with Crippen LogP contribution in [0.1, 0.15) is 30.3 Å².